The Labute approximate surface area is 214 Å². The van der Waals surface area contributed by atoms with Crippen LogP contribution in [0.2, 0.25) is 0 Å². The predicted octanol–water partition coefficient (Wildman–Crippen LogP) is 4.17. The maximum Gasteiger partial charge on any atom is 0.416 e. The summed E-state index contributed by atoms with van der Waals surface area (Å²) in [4.78, 5) is 39.9. The third-order valence-electron chi connectivity index (χ3n) is 6.33. The number of aromatic nitrogens is 3. The summed E-state index contributed by atoms with van der Waals surface area (Å²) in [6, 6.07) is 9.80. The molecule has 38 heavy (non-hydrogen) atoms. The Morgan fingerprint density at radius 2 is 1.95 bits per heavy atom. The highest BCUT2D eigenvalue weighted by molar-refractivity contribution is 5.94. The molecule has 196 valence electrons. The van der Waals surface area contributed by atoms with Crippen molar-refractivity contribution in [1.82, 2.24) is 14.8 Å². The van der Waals surface area contributed by atoms with Gasteiger partial charge in [0.15, 0.2) is 0 Å². The van der Waals surface area contributed by atoms with E-state index in [1.54, 1.807) is 13.0 Å². The van der Waals surface area contributed by atoms with Gasteiger partial charge in [0.1, 0.15) is 11.8 Å². The Hall–Kier alpha value is -4.66. The number of Topliss-reactive ketones (excluding diaryl/α,β-unsaturated/α-hetero) is 1. The number of alkyl halides is 3. The van der Waals surface area contributed by atoms with Crippen LogP contribution >= 0.6 is 0 Å². The minimum absolute atomic E-state index is 0.0126. The van der Waals surface area contributed by atoms with E-state index in [9.17, 15) is 32.8 Å². The fraction of sp³-hybridized carbons (Fsp3) is 0.269. The molecule has 0 amide bonds. The summed E-state index contributed by atoms with van der Waals surface area (Å²) in [5, 5.41) is 15.8. The van der Waals surface area contributed by atoms with Crippen LogP contribution in [0.1, 0.15) is 48.6 Å². The van der Waals surface area contributed by atoms with Crippen LogP contribution in [-0.2, 0) is 26.9 Å². The van der Waals surface area contributed by atoms with E-state index >= 15 is 0 Å². The maximum absolute atomic E-state index is 13.5. The van der Waals surface area contributed by atoms with E-state index in [0.29, 0.717) is 11.1 Å². The summed E-state index contributed by atoms with van der Waals surface area (Å²) < 4.78 is 46.6. The number of rotatable bonds is 6. The van der Waals surface area contributed by atoms with Crippen LogP contribution in [-0.4, -0.2) is 33.6 Å². The van der Waals surface area contributed by atoms with Crippen molar-refractivity contribution < 1.29 is 27.5 Å². The first-order valence-corrected chi connectivity index (χ1v) is 11.5. The second kappa shape index (κ2) is 10.0. The molecule has 0 saturated carbocycles. The van der Waals surface area contributed by atoms with Crippen molar-refractivity contribution in [1.29, 1.82) is 5.26 Å². The molecule has 1 atom stereocenters. The molecule has 9 nitrogen and oxygen atoms in total. The topological polar surface area (TPSA) is 121 Å². The van der Waals surface area contributed by atoms with Crippen molar-refractivity contribution in [2.75, 3.05) is 12.0 Å². The Bertz CT molecular complexity index is 1560. The van der Waals surface area contributed by atoms with Crippen molar-refractivity contribution in [3.05, 3.63) is 86.5 Å². The van der Waals surface area contributed by atoms with Gasteiger partial charge in [-0.05, 0) is 48.4 Å². The van der Waals surface area contributed by atoms with Gasteiger partial charge in [-0.15, -0.1) is 5.10 Å². The molecule has 2 aromatic carbocycles. The Morgan fingerprint density at radius 3 is 2.58 bits per heavy atom. The van der Waals surface area contributed by atoms with Crippen LogP contribution in [0.15, 0.2) is 58.5 Å². The molecule has 0 spiro atoms. The van der Waals surface area contributed by atoms with Crippen LogP contribution < -0.4 is 10.6 Å². The monoisotopic (exact) mass is 525 g/mol. The molecular formula is C26H22F3N5O4. The summed E-state index contributed by atoms with van der Waals surface area (Å²) in [6.45, 7) is 3.19. The Morgan fingerprint density at radius 1 is 1.21 bits per heavy atom. The van der Waals surface area contributed by atoms with Gasteiger partial charge in [-0.2, -0.15) is 18.4 Å². The van der Waals surface area contributed by atoms with Gasteiger partial charge in [-0.25, -0.2) is 19.3 Å². The normalized spacial score (nSPS) is 15.2. The number of ether oxygens (including phenoxy) is 1. The zero-order valence-corrected chi connectivity index (χ0v) is 20.6. The van der Waals surface area contributed by atoms with Crippen LogP contribution in [0.5, 0.6) is 0 Å². The fourth-order valence-electron chi connectivity index (χ4n) is 4.51. The first kappa shape index (κ1) is 26.4. The van der Waals surface area contributed by atoms with Crippen molar-refractivity contribution in [3.63, 3.8) is 0 Å². The molecule has 1 aliphatic heterocycles. The van der Waals surface area contributed by atoms with Gasteiger partial charge < -0.3 is 4.74 Å². The third-order valence-corrected chi connectivity index (χ3v) is 6.33. The van der Waals surface area contributed by atoms with Crippen molar-refractivity contribution in [3.8, 4) is 6.07 Å². The highest BCUT2D eigenvalue weighted by Crippen LogP contribution is 2.43. The lowest BCUT2D eigenvalue weighted by Gasteiger charge is -2.36. The number of nitrogens with zero attached hydrogens (tertiary/aromatic N) is 4. The lowest BCUT2D eigenvalue weighted by molar-refractivity contribution is -0.138. The second-order valence-corrected chi connectivity index (χ2v) is 8.57. The van der Waals surface area contributed by atoms with Gasteiger partial charge in [-0.1, -0.05) is 19.1 Å². The molecule has 0 radical (unpaired) electrons. The number of methoxy groups -OCH3 is 1. The van der Waals surface area contributed by atoms with Crippen molar-refractivity contribution in [2.24, 2.45) is 0 Å². The SMILES string of the molecule is CCC(=O)Cc1cc(C#N)ccc1[C@@H]1C(C(=O)OC)=C(C)N(c2cccc(C(F)(F)F)c2)c2n[nH]c(=O)n21. The third kappa shape index (κ3) is 4.58. The minimum Gasteiger partial charge on any atom is -0.466 e. The number of carbonyl (C=O) groups excluding carboxylic acids is 2. The fourth-order valence-corrected chi connectivity index (χ4v) is 4.51. The zero-order chi connectivity index (χ0) is 27.8. The summed E-state index contributed by atoms with van der Waals surface area (Å²) in [5.41, 5.74) is -0.469. The van der Waals surface area contributed by atoms with E-state index in [0.717, 1.165) is 23.8 Å². The summed E-state index contributed by atoms with van der Waals surface area (Å²) >= 11 is 0. The maximum atomic E-state index is 13.5. The first-order chi connectivity index (χ1) is 18.0. The number of nitriles is 1. The Kier molecular flexibility index (Phi) is 6.95. The van der Waals surface area contributed by atoms with Gasteiger partial charge in [0.2, 0.25) is 5.95 Å². The van der Waals surface area contributed by atoms with Crippen molar-refractivity contribution >= 4 is 23.4 Å². The molecule has 0 bridgehead atoms. The molecule has 1 aromatic heterocycles. The average molecular weight is 525 g/mol. The van der Waals surface area contributed by atoms with Crippen molar-refractivity contribution in [2.45, 2.75) is 38.9 Å². The van der Waals surface area contributed by atoms with Gasteiger partial charge >= 0.3 is 17.8 Å². The molecule has 1 aliphatic rings. The number of carbonyl (C=O) groups is 2. The van der Waals surface area contributed by atoms with Gasteiger partial charge in [-0.3, -0.25) is 9.69 Å². The number of nitrogens with one attached hydrogen (secondary N) is 1. The summed E-state index contributed by atoms with van der Waals surface area (Å²) in [7, 11) is 1.14. The summed E-state index contributed by atoms with van der Waals surface area (Å²) in [5.74, 6) is -1.04. The molecule has 12 heteroatoms. The second-order valence-electron chi connectivity index (χ2n) is 8.57. The predicted molar refractivity (Wildman–Crippen MR) is 129 cm³/mol. The van der Waals surface area contributed by atoms with E-state index in [1.165, 1.54) is 36.1 Å². The number of allylic oxidation sites excluding steroid dienone is 1. The molecule has 2 heterocycles. The number of H-pyrrole nitrogens is 1. The van der Waals surface area contributed by atoms with E-state index < -0.39 is 29.4 Å². The lowest BCUT2D eigenvalue weighted by Crippen LogP contribution is -2.38. The van der Waals surface area contributed by atoms with E-state index in [2.05, 4.69) is 10.2 Å². The summed E-state index contributed by atoms with van der Waals surface area (Å²) in [6.07, 6.45) is -4.48. The van der Waals surface area contributed by atoms with E-state index in [4.69, 9.17) is 4.74 Å². The molecule has 0 saturated heterocycles. The lowest BCUT2D eigenvalue weighted by atomic mass is 9.88. The standard InChI is InChI=1S/C26H22F3N5O4/c1-4-19(35)11-16-10-15(13-30)8-9-20(16)22-21(23(36)38-3)14(2)33(24-31-32-25(37)34(22)24)18-7-5-6-17(12-18)26(27,28)29/h5-10,12,22H,4,11H2,1-3H3,(H,32,37)/t22-/m1/s1. The Balaban J connectivity index is 2.03. The molecule has 3 aromatic rings. The minimum atomic E-state index is -4.63. The first-order valence-electron chi connectivity index (χ1n) is 11.5. The number of ketones is 1. The molecular weight excluding hydrogens is 503 g/mol. The molecule has 0 fully saturated rings. The molecule has 0 aliphatic carbocycles. The van der Waals surface area contributed by atoms with Crippen LogP contribution in [0.3, 0.4) is 0 Å². The zero-order valence-electron chi connectivity index (χ0n) is 20.6. The van der Waals surface area contributed by atoms with E-state index in [1.807, 2.05) is 6.07 Å². The highest BCUT2D eigenvalue weighted by atomic mass is 19.4. The van der Waals surface area contributed by atoms with Crippen LogP contribution in [0.25, 0.3) is 0 Å². The number of halogens is 3. The number of fused-ring (bicyclic) bond motifs is 1. The number of esters is 1. The largest absolute Gasteiger partial charge is 0.466 e. The number of hydrogen-bond donors (Lipinski definition) is 1. The van der Waals surface area contributed by atoms with Gasteiger partial charge in [0.25, 0.3) is 0 Å². The molecule has 0 unspecified atom stereocenters. The average Bonchev–Trinajstić information content (AvgIpc) is 3.27. The number of aromatic amines is 1. The van der Waals surface area contributed by atoms with Gasteiger partial charge in [0.05, 0.1) is 29.9 Å². The van der Waals surface area contributed by atoms with E-state index in [-0.39, 0.29) is 47.1 Å². The quantitative estimate of drug-likeness (QED) is 0.480. The smallest absolute Gasteiger partial charge is 0.416 e. The number of benzene rings is 2. The number of hydrogen-bond acceptors (Lipinski definition) is 7. The molecule has 1 N–H and O–H groups in total. The molecule has 4 rings (SSSR count). The van der Waals surface area contributed by atoms with Gasteiger partial charge in [0, 0.05) is 24.2 Å². The van der Waals surface area contributed by atoms with Crippen LogP contribution in [0, 0.1) is 11.3 Å². The van der Waals surface area contributed by atoms with Crippen LogP contribution in [0.4, 0.5) is 24.8 Å². The highest BCUT2D eigenvalue weighted by Gasteiger charge is 2.41. The number of anilines is 2.